The summed E-state index contributed by atoms with van der Waals surface area (Å²) in [6.45, 7) is 0.546. The van der Waals surface area contributed by atoms with Crippen molar-refractivity contribution in [1.29, 1.82) is 0 Å². The maximum atomic E-state index is 11.9. The van der Waals surface area contributed by atoms with E-state index >= 15 is 0 Å². The molecular weight excluding hydrogens is 422 g/mol. The number of thiazole rings is 1. The van der Waals surface area contributed by atoms with Crippen molar-refractivity contribution in [1.82, 2.24) is 15.6 Å². The molecule has 0 aliphatic heterocycles. The normalized spacial score (nSPS) is 10.8. The van der Waals surface area contributed by atoms with Crippen LogP contribution in [0.2, 0.25) is 0 Å². The Morgan fingerprint density at radius 2 is 1.92 bits per heavy atom. The molecule has 5 nitrogen and oxygen atoms in total. The van der Waals surface area contributed by atoms with E-state index in [9.17, 15) is 9.59 Å². The summed E-state index contributed by atoms with van der Waals surface area (Å²) in [5.41, 5.74) is 1.02. The van der Waals surface area contributed by atoms with Crippen LogP contribution in [-0.4, -0.2) is 29.9 Å². The van der Waals surface area contributed by atoms with Crippen LogP contribution in [0.25, 0.3) is 10.2 Å². The molecule has 2 N–H and O–H groups in total. The standard InChI is InChI=1S/C17H16BrN3O2S2/c18-14-8-7-13(24-14)17(23)20-10-15(22)19-9-3-6-16-21-11-4-1-2-5-12(11)25-16/h1-2,4-5,7-8H,3,6,9-10H2,(H,19,22)(H,20,23). The lowest BCUT2D eigenvalue weighted by molar-refractivity contribution is -0.120. The van der Waals surface area contributed by atoms with E-state index in [4.69, 9.17) is 0 Å². The van der Waals surface area contributed by atoms with Crippen molar-refractivity contribution >= 4 is 60.6 Å². The van der Waals surface area contributed by atoms with Crippen molar-refractivity contribution in [2.45, 2.75) is 12.8 Å². The van der Waals surface area contributed by atoms with Crippen molar-refractivity contribution < 1.29 is 9.59 Å². The van der Waals surface area contributed by atoms with Crippen LogP contribution in [0.1, 0.15) is 21.1 Å². The molecule has 0 aliphatic carbocycles. The third kappa shape index (κ3) is 5.10. The van der Waals surface area contributed by atoms with Gasteiger partial charge in [-0.2, -0.15) is 0 Å². The first-order valence-electron chi connectivity index (χ1n) is 7.76. The van der Waals surface area contributed by atoms with E-state index in [1.165, 1.54) is 16.0 Å². The van der Waals surface area contributed by atoms with E-state index in [-0.39, 0.29) is 18.4 Å². The minimum absolute atomic E-state index is 0.0184. The molecule has 25 heavy (non-hydrogen) atoms. The molecule has 2 aromatic heterocycles. The lowest BCUT2D eigenvalue weighted by Crippen LogP contribution is -2.37. The first kappa shape index (κ1) is 18.0. The van der Waals surface area contributed by atoms with Crippen LogP contribution >= 0.6 is 38.6 Å². The number of rotatable bonds is 7. The number of halogens is 1. The molecule has 0 aliphatic rings. The zero-order valence-corrected chi connectivity index (χ0v) is 16.5. The van der Waals surface area contributed by atoms with Crippen molar-refractivity contribution in [3.63, 3.8) is 0 Å². The van der Waals surface area contributed by atoms with Gasteiger partial charge in [-0.05, 0) is 46.6 Å². The first-order chi connectivity index (χ1) is 12.1. The fourth-order valence-corrected chi connectivity index (χ4v) is 4.55. The number of nitrogens with one attached hydrogen (secondary N) is 2. The second kappa shape index (κ2) is 8.55. The number of hydrogen-bond acceptors (Lipinski definition) is 5. The summed E-state index contributed by atoms with van der Waals surface area (Å²) < 4.78 is 2.07. The van der Waals surface area contributed by atoms with Crippen LogP contribution in [0.5, 0.6) is 0 Å². The third-order valence-electron chi connectivity index (χ3n) is 3.43. The zero-order valence-electron chi connectivity index (χ0n) is 13.3. The molecule has 3 rings (SSSR count). The van der Waals surface area contributed by atoms with E-state index in [0.717, 1.165) is 27.2 Å². The Morgan fingerprint density at radius 1 is 1.08 bits per heavy atom. The number of fused-ring (bicyclic) bond motifs is 1. The van der Waals surface area contributed by atoms with Gasteiger partial charge in [0.05, 0.1) is 30.4 Å². The number of aromatic nitrogens is 1. The Labute approximate surface area is 161 Å². The van der Waals surface area contributed by atoms with Crippen LogP contribution < -0.4 is 10.6 Å². The number of carbonyl (C=O) groups excluding carboxylic acids is 2. The molecule has 0 radical (unpaired) electrons. The summed E-state index contributed by atoms with van der Waals surface area (Å²) in [7, 11) is 0. The Balaban J connectivity index is 1.35. The number of aryl methyl sites for hydroxylation is 1. The second-order valence-corrected chi connectivity index (χ2v) is 8.89. The van der Waals surface area contributed by atoms with Crippen LogP contribution in [0.4, 0.5) is 0 Å². The number of hydrogen-bond donors (Lipinski definition) is 2. The van der Waals surface area contributed by atoms with Gasteiger partial charge in [0.15, 0.2) is 0 Å². The number of para-hydroxylation sites is 1. The molecule has 0 spiro atoms. The van der Waals surface area contributed by atoms with Gasteiger partial charge in [-0.3, -0.25) is 9.59 Å². The largest absolute Gasteiger partial charge is 0.355 e. The molecule has 0 saturated carbocycles. The van der Waals surface area contributed by atoms with E-state index in [1.807, 2.05) is 24.3 Å². The number of nitrogens with zero attached hydrogens (tertiary/aromatic N) is 1. The Bertz CT molecular complexity index is 858. The van der Waals surface area contributed by atoms with Gasteiger partial charge in [0.1, 0.15) is 0 Å². The molecular formula is C17H16BrN3O2S2. The van der Waals surface area contributed by atoms with Gasteiger partial charge in [0, 0.05) is 13.0 Å². The first-order valence-corrected chi connectivity index (χ1v) is 10.2. The lowest BCUT2D eigenvalue weighted by atomic mass is 10.3. The van der Waals surface area contributed by atoms with Crippen molar-refractivity contribution in [2.24, 2.45) is 0 Å². The Kier molecular flexibility index (Phi) is 6.17. The van der Waals surface area contributed by atoms with Crippen molar-refractivity contribution in [3.05, 3.63) is 50.1 Å². The molecule has 1 aromatic carbocycles. The molecule has 0 saturated heterocycles. The van der Waals surface area contributed by atoms with Crippen molar-refractivity contribution in [2.75, 3.05) is 13.1 Å². The lowest BCUT2D eigenvalue weighted by Gasteiger charge is -2.05. The van der Waals surface area contributed by atoms with Crippen LogP contribution in [0.3, 0.4) is 0 Å². The highest BCUT2D eigenvalue weighted by atomic mass is 79.9. The number of amides is 2. The summed E-state index contributed by atoms with van der Waals surface area (Å²) in [5.74, 6) is -0.423. The van der Waals surface area contributed by atoms with Crippen LogP contribution in [0, 0.1) is 0 Å². The van der Waals surface area contributed by atoms with Gasteiger partial charge in [-0.1, -0.05) is 12.1 Å². The van der Waals surface area contributed by atoms with E-state index in [2.05, 4.69) is 37.6 Å². The van der Waals surface area contributed by atoms with Gasteiger partial charge >= 0.3 is 0 Å². The summed E-state index contributed by atoms with van der Waals surface area (Å²) in [4.78, 5) is 28.8. The van der Waals surface area contributed by atoms with Crippen molar-refractivity contribution in [3.8, 4) is 0 Å². The second-order valence-electron chi connectivity index (χ2n) is 5.32. The molecule has 0 unspecified atom stereocenters. The van der Waals surface area contributed by atoms with Crippen LogP contribution in [-0.2, 0) is 11.2 Å². The number of benzene rings is 1. The highest BCUT2D eigenvalue weighted by molar-refractivity contribution is 9.11. The zero-order chi connectivity index (χ0) is 17.6. The third-order valence-corrected chi connectivity index (χ3v) is 6.15. The van der Waals surface area contributed by atoms with E-state index < -0.39 is 0 Å². The van der Waals surface area contributed by atoms with E-state index in [1.54, 1.807) is 17.4 Å². The minimum Gasteiger partial charge on any atom is -0.355 e. The summed E-state index contributed by atoms with van der Waals surface area (Å²) in [5, 5.41) is 6.51. The quantitative estimate of drug-likeness (QED) is 0.554. The molecule has 0 bridgehead atoms. The van der Waals surface area contributed by atoms with E-state index in [0.29, 0.717) is 11.4 Å². The van der Waals surface area contributed by atoms with Gasteiger partial charge < -0.3 is 10.6 Å². The maximum Gasteiger partial charge on any atom is 0.261 e. The molecule has 0 atom stereocenters. The molecule has 3 aromatic rings. The van der Waals surface area contributed by atoms with Gasteiger partial charge in [-0.25, -0.2) is 4.98 Å². The maximum absolute atomic E-state index is 11.9. The number of thiophene rings is 1. The SMILES string of the molecule is O=C(CNC(=O)c1ccc(Br)s1)NCCCc1nc2ccccc2s1. The van der Waals surface area contributed by atoms with Gasteiger partial charge in [0.25, 0.3) is 5.91 Å². The molecule has 130 valence electrons. The fourth-order valence-electron chi connectivity index (χ4n) is 2.24. The van der Waals surface area contributed by atoms with Gasteiger partial charge in [0.2, 0.25) is 5.91 Å². The topological polar surface area (TPSA) is 71.1 Å². The summed E-state index contributed by atoms with van der Waals surface area (Å²) in [6.07, 6.45) is 1.65. The average Bonchev–Trinajstić information content (AvgIpc) is 3.22. The highest BCUT2D eigenvalue weighted by Gasteiger charge is 2.10. The monoisotopic (exact) mass is 437 g/mol. The number of carbonyl (C=O) groups is 2. The predicted molar refractivity (Wildman–Crippen MR) is 105 cm³/mol. The smallest absolute Gasteiger partial charge is 0.261 e. The Hall–Kier alpha value is -1.77. The molecule has 8 heteroatoms. The average molecular weight is 438 g/mol. The van der Waals surface area contributed by atoms with Crippen LogP contribution in [0.15, 0.2) is 40.2 Å². The summed E-state index contributed by atoms with van der Waals surface area (Å²) >= 11 is 6.33. The summed E-state index contributed by atoms with van der Waals surface area (Å²) in [6, 6.07) is 11.6. The minimum atomic E-state index is -0.236. The van der Waals surface area contributed by atoms with Gasteiger partial charge in [-0.15, -0.1) is 22.7 Å². The Morgan fingerprint density at radius 3 is 2.68 bits per heavy atom. The molecule has 2 heterocycles. The molecule has 0 fully saturated rings. The predicted octanol–water partition coefficient (Wildman–Crippen LogP) is 3.60. The highest BCUT2D eigenvalue weighted by Crippen LogP contribution is 2.22. The fraction of sp³-hybridized carbons (Fsp3) is 0.235. The molecule has 2 amide bonds.